The molecule has 1 N–H and O–H groups in total. The molecule has 2 rings (SSSR count). The third-order valence-corrected chi connectivity index (χ3v) is 5.00. The Hall–Kier alpha value is -2.18. The van der Waals surface area contributed by atoms with Crippen molar-refractivity contribution in [3.8, 4) is 0 Å². The molecule has 0 saturated carbocycles. The van der Waals surface area contributed by atoms with Gasteiger partial charge < -0.3 is 4.74 Å². The molecule has 0 aromatic heterocycles. The van der Waals surface area contributed by atoms with Gasteiger partial charge in [0.05, 0.1) is 17.6 Å². The lowest BCUT2D eigenvalue weighted by atomic mass is 10.1. The van der Waals surface area contributed by atoms with Gasteiger partial charge in [-0.3, -0.25) is 0 Å². The fraction of sp³-hybridized carbons (Fsp3) is 0.235. The van der Waals surface area contributed by atoms with Crippen LogP contribution >= 0.6 is 0 Å². The summed E-state index contributed by atoms with van der Waals surface area (Å²) in [5, 5.41) is 0. The first-order valence-corrected chi connectivity index (χ1v) is 8.56. The van der Waals surface area contributed by atoms with E-state index in [0.29, 0.717) is 11.1 Å². The van der Waals surface area contributed by atoms with E-state index >= 15 is 0 Å². The van der Waals surface area contributed by atoms with Crippen molar-refractivity contribution in [3.05, 3.63) is 64.7 Å². The van der Waals surface area contributed by atoms with Gasteiger partial charge in [0.25, 0.3) is 0 Å². The summed E-state index contributed by atoms with van der Waals surface area (Å²) < 4.78 is 32.1. The standard InChI is InChI=1S/C17H19NO4S/c1-12-5-4-6-14(9-12)11-18-23(20,21)16-8-7-15(10-13(16)2)17(19)22-3/h4-10,18H,11H2,1-3H3. The van der Waals surface area contributed by atoms with Crippen LogP contribution in [0.1, 0.15) is 27.0 Å². The fourth-order valence-electron chi connectivity index (χ4n) is 2.27. The highest BCUT2D eigenvalue weighted by molar-refractivity contribution is 7.89. The smallest absolute Gasteiger partial charge is 0.337 e. The third-order valence-electron chi connectivity index (χ3n) is 3.43. The predicted octanol–water partition coefficient (Wildman–Crippen LogP) is 2.57. The van der Waals surface area contributed by atoms with E-state index in [2.05, 4.69) is 9.46 Å². The van der Waals surface area contributed by atoms with Crippen molar-refractivity contribution in [2.24, 2.45) is 0 Å². The maximum absolute atomic E-state index is 12.4. The molecule has 0 amide bonds. The molecule has 0 heterocycles. The molecular weight excluding hydrogens is 314 g/mol. The average molecular weight is 333 g/mol. The van der Waals surface area contributed by atoms with Gasteiger partial charge in [0.15, 0.2) is 0 Å². The van der Waals surface area contributed by atoms with Crippen LogP contribution in [-0.4, -0.2) is 21.5 Å². The number of hydrogen-bond acceptors (Lipinski definition) is 4. The fourth-order valence-corrected chi connectivity index (χ4v) is 3.52. The molecule has 0 radical (unpaired) electrons. The number of ether oxygens (including phenoxy) is 1. The Bertz CT molecular complexity index is 828. The summed E-state index contributed by atoms with van der Waals surface area (Å²) in [6.45, 7) is 3.81. The van der Waals surface area contributed by atoms with E-state index in [-0.39, 0.29) is 11.4 Å². The SMILES string of the molecule is COC(=O)c1ccc(S(=O)(=O)NCc2cccc(C)c2)c(C)c1. The molecule has 0 fully saturated rings. The molecule has 122 valence electrons. The highest BCUT2D eigenvalue weighted by Gasteiger charge is 2.18. The van der Waals surface area contributed by atoms with Crippen LogP contribution in [0.15, 0.2) is 47.4 Å². The van der Waals surface area contributed by atoms with E-state index in [9.17, 15) is 13.2 Å². The van der Waals surface area contributed by atoms with Crippen LogP contribution in [0.2, 0.25) is 0 Å². The topological polar surface area (TPSA) is 72.5 Å². The summed E-state index contributed by atoms with van der Waals surface area (Å²) in [7, 11) is -2.37. The Labute approximate surface area is 136 Å². The van der Waals surface area contributed by atoms with Gasteiger partial charge in [0.2, 0.25) is 10.0 Å². The van der Waals surface area contributed by atoms with Crippen molar-refractivity contribution in [1.29, 1.82) is 0 Å². The number of hydrogen-bond donors (Lipinski definition) is 1. The van der Waals surface area contributed by atoms with Crippen molar-refractivity contribution >= 4 is 16.0 Å². The summed E-state index contributed by atoms with van der Waals surface area (Å²) in [6, 6.07) is 12.0. The molecule has 2 aromatic rings. The quantitative estimate of drug-likeness (QED) is 0.854. The van der Waals surface area contributed by atoms with E-state index < -0.39 is 16.0 Å². The molecule has 6 heteroatoms. The van der Waals surface area contributed by atoms with Crippen LogP contribution in [0.3, 0.4) is 0 Å². The number of esters is 1. The van der Waals surface area contributed by atoms with Crippen LogP contribution in [-0.2, 0) is 21.3 Å². The zero-order chi connectivity index (χ0) is 17.0. The van der Waals surface area contributed by atoms with Crippen LogP contribution in [0, 0.1) is 13.8 Å². The monoisotopic (exact) mass is 333 g/mol. The number of benzene rings is 2. The molecule has 0 saturated heterocycles. The summed E-state index contributed by atoms with van der Waals surface area (Å²) in [6.07, 6.45) is 0. The summed E-state index contributed by atoms with van der Waals surface area (Å²) in [5.74, 6) is -0.496. The molecule has 0 aliphatic heterocycles. The first-order valence-electron chi connectivity index (χ1n) is 7.07. The molecule has 0 aliphatic carbocycles. The molecule has 0 unspecified atom stereocenters. The van der Waals surface area contributed by atoms with Gasteiger partial charge in [-0.15, -0.1) is 0 Å². The van der Waals surface area contributed by atoms with Gasteiger partial charge in [-0.25, -0.2) is 17.9 Å². The van der Waals surface area contributed by atoms with Gasteiger partial charge in [-0.05, 0) is 43.2 Å². The lowest BCUT2D eigenvalue weighted by Crippen LogP contribution is -2.24. The molecule has 0 spiro atoms. The Balaban J connectivity index is 2.21. The Morgan fingerprint density at radius 3 is 2.48 bits per heavy atom. The van der Waals surface area contributed by atoms with Crippen molar-refractivity contribution < 1.29 is 17.9 Å². The van der Waals surface area contributed by atoms with Gasteiger partial charge in [-0.2, -0.15) is 0 Å². The zero-order valence-corrected chi connectivity index (χ0v) is 14.1. The van der Waals surface area contributed by atoms with E-state index in [1.54, 1.807) is 6.92 Å². The van der Waals surface area contributed by atoms with Gasteiger partial charge in [0.1, 0.15) is 0 Å². The molecule has 0 bridgehead atoms. The molecule has 0 atom stereocenters. The van der Waals surface area contributed by atoms with Crippen LogP contribution in [0.4, 0.5) is 0 Å². The molecule has 23 heavy (non-hydrogen) atoms. The lowest BCUT2D eigenvalue weighted by molar-refractivity contribution is 0.0600. The highest BCUT2D eigenvalue weighted by Crippen LogP contribution is 2.18. The minimum Gasteiger partial charge on any atom is -0.465 e. The molecule has 2 aromatic carbocycles. The number of nitrogens with one attached hydrogen (secondary N) is 1. The van der Waals surface area contributed by atoms with Crippen molar-refractivity contribution in [1.82, 2.24) is 4.72 Å². The highest BCUT2D eigenvalue weighted by atomic mass is 32.2. The molecule has 0 aliphatic rings. The Morgan fingerprint density at radius 1 is 1.13 bits per heavy atom. The number of rotatable bonds is 5. The second-order valence-corrected chi connectivity index (χ2v) is 7.02. The van der Waals surface area contributed by atoms with E-state index in [1.165, 1.54) is 25.3 Å². The van der Waals surface area contributed by atoms with Gasteiger partial charge in [-0.1, -0.05) is 29.8 Å². The van der Waals surface area contributed by atoms with E-state index in [0.717, 1.165) is 11.1 Å². The summed E-state index contributed by atoms with van der Waals surface area (Å²) in [4.78, 5) is 11.6. The summed E-state index contributed by atoms with van der Waals surface area (Å²) >= 11 is 0. The Morgan fingerprint density at radius 2 is 1.87 bits per heavy atom. The van der Waals surface area contributed by atoms with E-state index in [4.69, 9.17) is 0 Å². The average Bonchev–Trinajstić information content (AvgIpc) is 2.52. The first-order chi connectivity index (χ1) is 10.8. The minimum absolute atomic E-state index is 0.151. The largest absolute Gasteiger partial charge is 0.465 e. The molecule has 5 nitrogen and oxygen atoms in total. The van der Waals surface area contributed by atoms with Crippen LogP contribution in [0.25, 0.3) is 0 Å². The first kappa shape index (κ1) is 17.2. The van der Waals surface area contributed by atoms with Crippen LogP contribution in [0.5, 0.6) is 0 Å². The van der Waals surface area contributed by atoms with Crippen molar-refractivity contribution in [2.45, 2.75) is 25.3 Å². The summed E-state index contributed by atoms with van der Waals surface area (Å²) in [5.41, 5.74) is 2.77. The number of sulfonamides is 1. The Kier molecular flexibility index (Phi) is 5.18. The lowest BCUT2D eigenvalue weighted by Gasteiger charge is -2.11. The van der Waals surface area contributed by atoms with Crippen molar-refractivity contribution in [3.63, 3.8) is 0 Å². The third kappa shape index (κ3) is 4.18. The maximum atomic E-state index is 12.4. The normalized spacial score (nSPS) is 11.3. The minimum atomic E-state index is -3.65. The van der Waals surface area contributed by atoms with Gasteiger partial charge in [0, 0.05) is 6.54 Å². The maximum Gasteiger partial charge on any atom is 0.337 e. The van der Waals surface area contributed by atoms with Crippen LogP contribution < -0.4 is 4.72 Å². The van der Waals surface area contributed by atoms with Gasteiger partial charge >= 0.3 is 5.97 Å². The number of carbonyl (C=O) groups is 1. The number of methoxy groups -OCH3 is 1. The second kappa shape index (κ2) is 6.93. The molecular formula is C17H19NO4S. The number of carbonyl (C=O) groups excluding carboxylic acids is 1. The number of aryl methyl sites for hydroxylation is 2. The zero-order valence-electron chi connectivity index (χ0n) is 13.3. The van der Waals surface area contributed by atoms with Crippen molar-refractivity contribution in [2.75, 3.05) is 7.11 Å². The second-order valence-electron chi connectivity index (χ2n) is 5.29. The predicted molar refractivity (Wildman–Crippen MR) is 87.7 cm³/mol. The van der Waals surface area contributed by atoms with E-state index in [1.807, 2.05) is 31.2 Å².